The fourth-order valence-corrected chi connectivity index (χ4v) is 1.94. The maximum atomic E-state index is 11.5. The molecule has 3 N–H and O–H groups in total. The first-order valence-electron chi connectivity index (χ1n) is 6.16. The minimum Gasteiger partial charge on any atom is -0.367 e. The van der Waals surface area contributed by atoms with Gasteiger partial charge in [0.15, 0.2) is 5.60 Å². The summed E-state index contributed by atoms with van der Waals surface area (Å²) in [6.45, 7) is 1.63. The zero-order chi connectivity index (χ0) is 15.5. The van der Waals surface area contributed by atoms with Crippen LogP contribution in [0.4, 0.5) is 11.6 Å². The number of aromatic nitrogens is 2. The Morgan fingerprint density at radius 1 is 1.29 bits per heavy atom. The van der Waals surface area contributed by atoms with Crippen LogP contribution in [-0.2, 0) is 15.1 Å². The standard InChI is InChI=1S/C14H15BrN4O2/c1-14(21-2,12(16)20)9-3-5-11(6-4-9)19-13-17-7-10(15)8-18-13/h3-8H,1-2H3,(H2,16,20)(H,17,18,19). The molecular formula is C14H15BrN4O2. The van der Waals surface area contributed by atoms with Crippen LogP contribution < -0.4 is 11.1 Å². The maximum Gasteiger partial charge on any atom is 0.254 e. The van der Waals surface area contributed by atoms with Crippen LogP contribution in [0, 0.1) is 0 Å². The van der Waals surface area contributed by atoms with Crippen molar-refractivity contribution in [2.45, 2.75) is 12.5 Å². The molecule has 0 saturated heterocycles. The molecule has 0 radical (unpaired) electrons. The van der Waals surface area contributed by atoms with E-state index in [1.54, 1.807) is 43.6 Å². The van der Waals surface area contributed by atoms with Gasteiger partial charge >= 0.3 is 0 Å². The second kappa shape index (κ2) is 6.19. The number of nitrogens with one attached hydrogen (secondary N) is 1. The van der Waals surface area contributed by atoms with Crippen LogP contribution in [0.2, 0.25) is 0 Å². The van der Waals surface area contributed by atoms with Crippen LogP contribution in [0.15, 0.2) is 41.1 Å². The van der Waals surface area contributed by atoms with Crippen molar-refractivity contribution in [2.24, 2.45) is 5.73 Å². The van der Waals surface area contributed by atoms with E-state index in [-0.39, 0.29) is 0 Å². The highest BCUT2D eigenvalue weighted by Gasteiger charge is 2.32. The Morgan fingerprint density at radius 3 is 2.33 bits per heavy atom. The van der Waals surface area contributed by atoms with Gasteiger partial charge < -0.3 is 15.8 Å². The Balaban J connectivity index is 2.19. The molecule has 0 fully saturated rings. The summed E-state index contributed by atoms with van der Waals surface area (Å²) in [7, 11) is 1.45. The van der Waals surface area contributed by atoms with Gasteiger partial charge in [-0.3, -0.25) is 4.79 Å². The van der Waals surface area contributed by atoms with Crippen molar-refractivity contribution in [1.82, 2.24) is 9.97 Å². The van der Waals surface area contributed by atoms with Crippen molar-refractivity contribution in [2.75, 3.05) is 12.4 Å². The highest BCUT2D eigenvalue weighted by atomic mass is 79.9. The largest absolute Gasteiger partial charge is 0.367 e. The lowest BCUT2D eigenvalue weighted by Gasteiger charge is -2.24. The topological polar surface area (TPSA) is 90.1 Å². The Hall–Kier alpha value is -1.99. The Morgan fingerprint density at radius 2 is 1.86 bits per heavy atom. The number of hydrogen-bond donors (Lipinski definition) is 2. The van der Waals surface area contributed by atoms with Crippen LogP contribution in [0.3, 0.4) is 0 Å². The van der Waals surface area contributed by atoms with Gasteiger partial charge in [-0.15, -0.1) is 0 Å². The van der Waals surface area contributed by atoms with E-state index >= 15 is 0 Å². The predicted octanol–water partition coefficient (Wildman–Crippen LogP) is 2.33. The normalized spacial score (nSPS) is 13.5. The van der Waals surface area contributed by atoms with Gasteiger partial charge in [-0.2, -0.15) is 0 Å². The molecule has 110 valence electrons. The molecular weight excluding hydrogens is 336 g/mol. The summed E-state index contributed by atoms with van der Waals surface area (Å²) in [4.78, 5) is 19.8. The number of methoxy groups -OCH3 is 1. The Kier molecular flexibility index (Phi) is 4.54. The second-order valence-electron chi connectivity index (χ2n) is 4.53. The van der Waals surface area contributed by atoms with E-state index in [1.807, 2.05) is 0 Å². The molecule has 1 atom stereocenters. The van der Waals surface area contributed by atoms with Crippen molar-refractivity contribution < 1.29 is 9.53 Å². The van der Waals surface area contributed by atoms with Gasteiger partial charge in [0.2, 0.25) is 5.95 Å². The quantitative estimate of drug-likeness (QED) is 0.863. The summed E-state index contributed by atoms with van der Waals surface area (Å²) in [6, 6.07) is 7.16. The van der Waals surface area contributed by atoms with Crippen molar-refractivity contribution in [3.05, 3.63) is 46.7 Å². The van der Waals surface area contributed by atoms with E-state index in [4.69, 9.17) is 10.5 Å². The third kappa shape index (κ3) is 3.37. The van der Waals surface area contributed by atoms with Gasteiger partial charge in [0.25, 0.3) is 5.91 Å². The minimum absolute atomic E-state index is 0.482. The summed E-state index contributed by atoms with van der Waals surface area (Å²) in [5.41, 5.74) is 5.71. The fourth-order valence-electron chi connectivity index (χ4n) is 1.74. The first-order chi connectivity index (χ1) is 9.95. The number of nitrogens with zero attached hydrogens (tertiary/aromatic N) is 2. The number of benzene rings is 1. The van der Waals surface area contributed by atoms with Crippen LogP contribution in [0.25, 0.3) is 0 Å². The van der Waals surface area contributed by atoms with Gasteiger partial charge in [-0.1, -0.05) is 12.1 Å². The fraction of sp³-hybridized carbons (Fsp3) is 0.214. The first kappa shape index (κ1) is 15.4. The molecule has 6 nitrogen and oxygen atoms in total. The van der Waals surface area contributed by atoms with E-state index < -0.39 is 11.5 Å². The van der Waals surface area contributed by atoms with Crippen molar-refractivity contribution >= 4 is 33.5 Å². The number of carbonyl (C=O) groups is 1. The minimum atomic E-state index is -1.15. The lowest BCUT2D eigenvalue weighted by Crippen LogP contribution is -2.40. The predicted molar refractivity (Wildman–Crippen MR) is 83.0 cm³/mol. The zero-order valence-corrected chi connectivity index (χ0v) is 13.2. The summed E-state index contributed by atoms with van der Waals surface area (Å²) >= 11 is 3.27. The second-order valence-corrected chi connectivity index (χ2v) is 5.44. The summed E-state index contributed by atoms with van der Waals surface area (Å²) in [5.74, 6) is -0.0580. The molecule has 1 aromatic heterocycles. The number of anilines is 2. The molecule has 0 aliphatic heterocycles. The SMILES string of the molecule is COC(C)(C(N)=O)c1ccc(Nc2ncc(Br)cn2)cc1. The smallest absolute Gasteiger partial charge is 0.254 e. The van der Waals surface area contributed by atoms with E-state index in [9.17, 15) is 4.79 Å². The third-order valence-electron chi connectivity index (χ3n) is 3.19. The summed E-state index contributed by atoms with van der Waals surface area (Å²) in [6.07, 6.45) is 3.30. The Labute approximate surface area is 130 Å². The molecule has 0 spiro atoms. The van der Waals surface area contributed by atoms with Crippen LogP contribution >= 0.6 is 15.9 Å². The van der Waals surface area contributed by atoms with Gasteiger partial charge in [-0.05, 0) is 40.5 Å². The number of carbonyl (C=O) groups excluding carboxylic acids is 1. The molecule has 0 aliphatic rings. The molecule has 0 bridgehead atoms. The molecule has 1 aromatic carbocycles. The molecule has 0 aliphatic carbocycles. The van der Waals surface area contributed by atoms with E-state index in [0.717, 1.165) is 10.2 Å². The molecule has 0 saturated carbocycles. The van der Waals surface area contributed by atoms with E-state index in [0.29, 0.717) is 11.5 Å². The molecule has 21 heavy (non-hydrogen) atoms. The van der Waals surface area contributed by atoms with Gasteiger partial charge in [-0.25, -0.2) is 9.97 Å². The molecule has 1 heterocycles. The number of nitrogens with two attached hydrogens (primary N) is 1. The van der Waals surface area contributed by atoms with Gasteiger partial charge in [0.05, 0.1) is 4.47 Å². The number of halogens is 1. The summed E-state index contributed by atoms with van der Waals surface area (Å²) in [5, 5.41) is 3.06. The van der Waals surface area contributed by atoms with Crippen LogP contribution in [-0.4, -0.2) is 23.0 Å². The highest BCUT2D eigenvalue weighted by Crippen LogP contribution is 2.26. The molecule has 2 aromatic rings. The number of rotatable bonds is 5. The monoisotopic (exact) mass is 350 g/mol. The number of primary amides is 1. The number of amides is 1. The van der Waals surface area contributed by atoms with Crippen molar-refractivity contribution in [3.8, 4) is 0 Å². The van der Waals surface area contributed by atoms with Crippen molar-refractivity contribution in [1.29, 1.82) is 0 Å². The average molecular weight is 351 g/mol. The maximum absolute atomic E-state index is 11.5. The molecule has 1 unspecified atom stereocenters. The van der Waals surface area contributed by atoms with E-state index in [1.165, 1.54) is 7.11 Å². The number of hydrogen-bond acceptors (Lipinski definition) is 5. The van der Waals surface area contributed by atoms with Gasteiger partial charge in [0, 0.05) is 25.2 Å². The Bertz CT molecular complexity index is 630. The average Bonchev–Trinajstić information content (AvgIpc) is 2.49. The molecule has 1 amide bonds. The molecule has 2 rings (SSSR count). The van der Waals surface area contributed by atoms with Crippen molar-refractivity contribution in [3.63, 3.8) is 0 Å². The third-order valence-corrected chi connectivity index (χ3v) is 3.60. The number of ether oxygens (including phenoxy) is 1. The molecule has 7 heteroatoms. The van der Waals surface area contributed by atoms with Crippen LogP contribution in [0.1, 0.15) is 12.5 Å². The van der Waals surface area contributed by atoms with Gasteiger partial charge in [0.1, 0.15) is 0 Å². The van der Waals surface area contributed by atoms with Crippen LogP contribution in [0.5, 0.6) is 0 Å². The zero-order valence-electron chi connectivity index (χ0n) is 11.6. The lowest BCUT2D eigenvalue weighted by molar-refractivity contribution is -0.139. The van der Waals surface area contributed by atoms with E-state index in [2.05, 4.69) is 31.2 Å². The lowest BCUT2D eigenvalue weighted by atomic mass is 9.95. The highest BCUT2D eigenvalue weighted by molar-refractivity contribution is 9.10. The first-order valence-corrected chi connectivity index (χ1v) is 6.95. The summed E-state index contributed by atoms with van der Waals surface area (Å²) < 4.78 is 6.04.